The van der Waals surface area contributed by atoms with E-state index in [2.05, 4.69) is 15.0 Å². The molecule has 72 valence electrons. The Hall–Kier alpha value is -1.62. The molecule has 0 spiro atoms. The van der Waals surface area contributed by atoms with Gasteiger partial charge in [-0.1, -0.05) is 11.6 Å². The van der Waals surface area contributed by atoms with Crippen LogP contribution in [-0.4, -0.2) is 15.0 Å². The third-order valence-corrected chi connectivity index (χ3v) is 2.07. The van der Waals surface area contributed by atoms with E-state index in [1.165, 1.54) is 0 Å². The maximum Gasteiger partial charge on any atom is 0.224 e. The Morgan fingerprint density at radius 3 is 2.64 bits per heavy atom. The highest BCUT2D eigenvalue weighted by Gasteiger charge is 2.08. The van der Waals surface area contributed by atoms with E-state index in [1.807, 2.05) is 6.92 Å². The zero-order chi connectivity index (χ0) is 10.3. The molecular weight excluding hydrogens is 202 g/mol. The summed E-state index contributed by atoms with van der Waals surface area (Å²) in [5.41, 5.74) is 12.5. The summed E-state index contributed by atoms with van der Waals surface area (Å²) in [6, 6.07) is 1.71. The quantitative estimate of drug-likeness (QED) is 0.636. The number of pyridine rings is 1. The van der Waals surface area contributed by atoms with Gasteiger partial charge in [0.1, 0.15) is 11.0 Å². The fourth-order valence-electron chi connectivity index (χ4n) is 1.33. The SMILES string of the molecule is Cc1cc(Cl)nc2nc(N)nc(N)c12. The van der Waals surface area contributed by atoms with Crippen molar-refractivity contribution in [2.24, 2.45) is 0 Å². The summed E-state index contributed by atoms with van der Waals surface area (Å²) in [6.45, 7) is 1.87. The third-order valence-electron chi connectivity index (χ3n) is 1.88. The Kier molecular flexibility index (Phi) is 1.89. The summed E-state index contributed by atoms with van der Waals surface area (Å²) >= 11 is 5.78. The molecule has 0 bridgehead atoms. The molecule has 6 heteroatoms. The number of hydrogen-bond donors (Lipinski definition) is 2. The fraction of sp³-hybridized carbons (Fsp3) is 0.125. The van der Waals surface area contributed by atoms with Crippen molar-refractivity contribution in [3.05, 3.63) is 16.8 Å². The molecule has 5 nitrogen and oxygen atoms in total. The number of nitrogen functional groups attached to an aromatic ring is 2. The van der Waals surface area contributed by atoms with Crippen molar-refractivity contribution in [1.29, 1.82) is 0 Å². The summed E-state index contributed by atoms with van der Waals surface area (Å²) in [6.07, 6.45) is 0. The molecule has 0 aliphatic heterocycles. The van der Waals surface area contributed by atoms with Crippen molar-refractivity contribution in [3.8, 4) is 0 Å². The highest BCUT2D eigenvalue weighted by atomic mass is 35.5. The van der Waals surface area contributed by atoms with Crippen LogP contribution in [0.5, 0.6) is 0 Å². The van der Waals surface area contributed by atoms with Crippen LogP contribution in [0.15, 0.2) is 6.07 Å². The summed E-state index contributed by atoms with van der Waals surface area (Å²) in [7, 11) is 0. The number of rotatable bonds is 0. The van der Waals surface area contributed by atoms with Gasteiger partial charge < -0.3 is 11.5 Å². The van der Waals surface area contributed by atoms with Crippen LogP contribution in [0, 0.1) is 6.92 Å². The normalized spacial score (nSPS) is 10.7. The van der Waals surface area contributed by atoms with E-state index in [9.17, 15) is 0 Å². The molecule has 14 heavy (non-hydrogen) atoms. The maximum absolute atomic E-state index is 5.78. The summed E-state index contributed by atoms with van der Waals surface area (Å²) < 4.78 is 0. The van der Waals surface area contributed by atoms with Crippen LogP contribution in [0.2, 0.25) is 5.15 Å². The number of nitrogens with two attached hydrogens (primary N) is 2. The second-order valence-corrected chi connectivity index (χ2v) is 3.31. The van der Waals surface area contributed by atoms with Crippen LogP contribution in [0.25, 0.3) is 11.0 Å². The van der Waals surface area contributed by atoms with Crippen LogP contribution in [0.4, 0.5) is 11.8 Å². The van der Waals surface area contributed by atoms with Gasteiger partial charge in [-0.25, -0.2) is 4.98 Å². The van der Waals surface area contributed by atoms with Crippen molar-refractivity contribution >= 4 is 34.4 Å². The van der Waals surface area contributed by atoms with Crippen LogP contribution in [0.1, 0.15) is 5.56 Å². The van der Waals surface area contributed by atoms with Gasteiger partial charge in [-0.15, -0.1) is 0 Å². The van der Waals surface area contributed by atoms with E-state index in [0.717, 1.165) is 5.56 Å². The fourth-order valence-corrected chi connectivity index (χ4v) is 1.57. The van der Waals surface area contributed by atoms with Gasteiger partial charge in [0, 0.05) is 0 Å². The number of anilines is 2. The van der Waals surface area contributed by atoms with Gasteiger partial charge in [-0.05, 0) is 18.6 Å². The van der Waals surface area contributed by atoms with Crippen molar-refractivity contribution < 1.29 is 0 Å². The Labute approximate surface area is 85.1 Å². The number of hydrogen-bond acceptors (Lipinski definition) is 5. The van der Waals surface area contributed by atoms with Gasteiger partial charge in [0.15, 0.2) is 5.65 Å². The smallest absolute Gasteiger partial charge is 0.224 e. The van der Waals surface area contributed by atoms with Gasteiger partial charge in [0.2, 0.25) is 5.95 Å². The number of aryl methyl sites for hydroxylation is 1. The first-order chi connectivity index (χ1) is 6.58. The third kappa shape index (κ3) is 1.31. The Morgan fingerprint density at radius 1 is 1.21 bits per heavy atom. The minimum Gasteiger partial charge on any atom is -0.383 e. The standard InChI is InChI=1S/C8H8ClN5/c1-3-2-4(9)12-7-5(3)6(10)13-8(11)14-7/h2H,1H3,(H4,10,11,12,13,14). The average molecular weight is 210 g/mol. The van der Waals surface area contributed by atoms with Crippen LogP contribution in [-0.2, 0) is 0 Å². The monoisotopic (exact) mass is 209 g/mol. The minimum atomic E-state index is 0.101. The summed E-state index contributed by atoms with van der Waals surface area (Å²) in [5.74, 6) is 0.429. The van der Waals surface area contributed by atoms with Crippen molar-refractivity contribution in [2.45, 2.75) is 6.92 Å². The Bertz CT molecular complexity index is 468. The van der Waals surface area contributed by atoms with Crippen molar-refractivity contribution in [2.75, 3.05) is 11.5 Å². The maximum atomic E-state index is 5.78. The first-order valence-corrected chi connectivity index (χ1v) is 4.31. The molecule has 0 aromatic carbocycles. The lowest BCUT2D eigenvalue weighted by Crippen LogP contribution is -2.02. The highest BCUT2D eigenvalue weighted by molar-refractivity contribution is 6.30. The van der Waals surface area contributed by atoms with Gasteiger partial charge >= 0.3 is 0 Å². The van der Waals surface area contributed by atoms with E-state index in [-0.39, 0.29) is 5.95 Å². The average Bonchev–Trinajstić information content (AvgIpc) is 1.99. The largest absolute Gasteiger partial charge is 0.383 e. The molecular formula is C8H8ClN5. The molecule has 0 unspecified atom stereocenters. The molecule has 0 aliphatic carbocycles. The van der Waals surface area contributed by atoms with Gasteiger partial charge in [-0.2, -0.15) is 9.97 Å². The number of nitrogens with zero attached hydrogens (tertiary/aromatic N) is 3. The molecule has 4 N–H and O–H groups in total. The van der Waals surface area contributed by atoms with E-state index in [1.54, 1.807) is 6.07 Å². The Morgan fingerprint density at radius 2 is 1.93 bits per heavy atom. The van der Waals surface area contributed by atoms with E-state index in [0.29, 0.717) is 22.0 Å². The second kappa shape index (κ2) is 2.95. The molecule has 0 amide bonds. The number of aromatic nitrogens is 3. The molecule has 0 fully saturated rings. The van der Waals surface area contributed by atoms with Crippen molar-refractivity contribution in [3.63, 3.8) is 0 Å². The molecule has 0 saturated heterocycles. The first kappa shape index (κ1) is 8.96. The number of halogens is 1. The first-order valence-electron chi connectivity index (χ1n) is 3.94. The molecule has 2 aromatic heterocycles. The molecule has 2 heterocycles. The highest BCUT2D eigenvalue weighted by Crippen LogP contribution is 2.23. The molecule has 0 atom stereocenters. The molecule has 2 rings (SSSR count). The lowest BCUT2D eigenvalue weighted by molar-refractivity contribution is 1.19. The van der Waals surface area contributed by atoms with Crippen LogP contribution >= 0.6 is 11.6 Å². The Balaban J connectivity index is 2.94. The zero-order valence-corrected chi connectivity index (χ0v) is 8.21. The lowest BCUT2D eigenvalue weighted by Gasteiger charge is -2.04. The zero-order valence-electron chi connectivity index (χ0n) is 7.45. The minimum absolute atomic E-state index is 0.101. The lowest BCUT2D eigenvalue weighted by atomic mass is 10.2. The van der Waals surface area contributed by atoms with Gasteiger partial charge in [0.25, 0.3) is 0 Å². The molecule has 2 aromatic rings. The second-order valence-electron chi connectivity index (χ2n) is 2.93. The van der Waals surface area contributed by atoms with Crippen LogP contribution in [0.3, 0.4) is 0 Å². The summed E-state index contributed by atoms with van der Waals surface area (Å²) in [4.78, 5) is 11.8. The topological polar surface area (TPSA) is 90.7 Å². The van der Waals surface area contributed by atoms with Gasteiger partial charge in [-0.3, -0.25) is 0 Å². The van der Waals surface area contributed by atoms with Crippen LogP contribution < -0.4 is 11.5 Å². The molecule has 0 saturated carbocycles. The number of fused-ring (bicyclic) bond motifs is 1. The van der Waals surface area contributed by atoms with E-state index in [4.69, 9.17) is 23.1 Å². The summed E-state index contributed by atoms with van der Waals surface area (Å²) in [5, 5.41) is 1.07. The predicted octanol–water partition coefficient (Wildman–Crippen LogP) is 1.15. The molecule has 0 radical (unpaired) electrons. The molecule has 0 aliphatic rings. The van der Waals surface area contributed by atoms with Gasteiger partial charge in [0.05, 0.1) is 5.39 Å². The van der Waals surface area contributed by atoms with E-state index >= 15 is 0 Å². The van der Waals surface area contributed by atoms with E-state index < -0.39 is 0 Å². The van der Waals surface area contributed by atoms with Crippen molar-refractivity contribution in [1.82, 2.24) is 15.0 Å². The predicted molar refractivity (Wildman–Crippen MR) is 55.9 cm³/mol.